The third-order valence-electron chi connectivity index (χ3n) is 6.81. The first-order chi connectivity index (χ1) is 17.6. The molecule has 1 fully saturated rings. The first-order valence-electron chi connectivity index (χ1n) is 14.8. The number of hydrogen-bond donors (Lipinski definition) is 3. The van der Waals surface area contributed by atoms with Crippen LogP contribution in [0.2, 0.25) is 0 Å². The molecule has 1 heterocycles. The molecule has 3 amide bonds. The smallest absolute Gasteiger partial charge is 0.407 e. The molecule has 8 nitrogen and oxygen atoms in total. The van der Waals surface area contributed by atoms with Gasteiger partial charge in [-0.15, -0.1) is 0 Å². The summed E-state index contributed by atoms with van der Waals surface area (Å²) >= 11 is 0. The zero-order chi connectivity index (χ0) is 26.3. The van der Waals surface area contributed by atoms with E-state index in [-0.39, 0.29) is 25.0 Å². The van der Waals surface area contributed by atoms with Crippen LogP contribution < -0.4 is 16.0 Å². The Bertz CT molecular complexity index is 568. The molecule has 0 aromatic heterocycles. The molecule has 3 N–H and O–H groups in total. The summed E-state index contributed by atoms with van der Waals surface area (Å²) < 4.78 is 5.14. The van der Waals surface area contributed by atoms with Crippen molar-refractivity contribution in [1.29, 1.82) is 0 Å². The van der Waals surface area contributed by atoms with E-state index in [1.54, 1.807) is 0 Å². The maximum absolute atomic E-state index is 12.1. The second-order valence-corrected chi connectivity index (χ2v) is 10.2. The molecule has 0 radical (unpaired) electrons. The maximum atomic E-state index is 12.1. The number of carbonyl (C=O) groups is 3. The third kappa shape index (κ3) is 17.6. The highest BCUT2D eigenvalue weighted by atomic mass is 16.5. The van der Waals surface area contributed by atoms with Crippen LogP contribution in [0.5, 0.6) is 0 Å². The van der Waals surface area contributed by atoms with E-state index >= 15 is 0 Å². The van der Waals surface area contributed by atoms with Crippen molar-refractivity contribution in [2.45, 2.75) is 123 Å². The second-order valence-electron chi connectivity index (χ2n) is 10.2. The minimum absolute atomic E-state index is 0.0327. The highest BCUT2D eigenvalue weighted by Crippen LogP contribution is 2.11. The van der Waals surface area contributed by atoms with Gasteiger partial charge in [0.05, 0.1) is 6.54 Å². The van der Waals surface area contributed by atoms with E-state index in [1.807, 2.05) is 0 Å². The van der Waals surface area contributed by atoms with Crippen molar-refractivity contribution in [2.75, 3.05) is 39.3 Å². The molecule has 0 aliphatic carbocycles. The van der Waals surface area contributed by atoms with Crippen LogP contribution in [-0.4, -0.2) is 68.2 Å². The van der Waals surface area contributed by atoms with Gasteiger partial charge in [-0.25, -0.2) is 4.79 Å². The Labute approximate surface area is 220 Å². The molecule has 0 aromatic rings. The van der Waals surface area contributed by atoms with E-state index < -0.39 is 12.1 Å². The number of nitrogens with one attached hydrogen (secondary N) is 3. The first-order valence-corrected chi connectivity index (χ1v) is 14.8. The number of amides is 3. The summed E-state index contributed by atoms with van der Waals surface area (Å²) in [6.07, 6.45) is 20.4. The second kappa shape index (κ2) is 22.4. The van der Waals surface area contributed by atoms with Crippen LogP contribution in [0.15, 0.2) is 0 Å². The van der Waals surface area contributed by atoms with Crippen LogP contribution in [0.25, 0.3) is 0 Å². The fourth-order valence-corrected chi connectivity index (χ4v) is 4.52. The van der Waals surface area contributed by atoms with E-state index in [0.29, 0.717) is 6.54 Å². The summed E-state index contributed by atoms with van der Waals surface area (Å²) in [5.41, 5.74) is 0. The van der Waals surface area contributed by atoms with Crippen molar-refractivity contribution in [3.63, 3.8) is 0 Å². The van der Waals surface area contributed by atoms with E-state index in [4.69, 9.17) is 4.74 Å². The fraction of sp³-hybridized carbons (Fsp3) is 0.893. The molecule has 0 aromatic carbocycles. The van der Waals surface area contributed by atoms with Crippen molar-refractivity contribution in [3.05, 3.63) is 0 Å². The van der Waals surface area contributed by atoms with Crippen molar-refractivity contribution in [3.8, 4) is 0 Å². The number of carbonyl (C=O) groups excluding carboxylic acids is 3. The zero-order valence-corrected chi connectivity index (χ0v) is 23.2. The minimum atomic E-state index is -0.822. The Morgan fingerprint density at radius 1 is 0.806 bits per heavy atom. The summed E-state index contributed by atoms with van der Waals surface area (Å²) in [7, 11) is 0. The lowest BCUT2D eigenvalue weighted by Gasteiger charge is -2.24. The van der Waals surface area contributed by atoms with Crippen molar-refractivity contribution in [2.24, 2.45) is 0 Å². The normalized spacial score (nSPS) is 15.6. The number of rotatable bonds is 23. The van der Waals surface area contributed by atoms with Gasteiger partial charge in [-0.2, -0.15) is 0 Å². The predicted molar refractivity (Wildman–Crippen MR) is 146 cm³/mol. The molecule has 1 saturated heterocycles. The van der Waals surface area contributed by atoms with Crippen molar-refractivity contribution >= 4 is 17.9 Å². The van der Waals surface area contributed by atoms with Crippen LogP contribution in [0, 0.1) is 0 Å². The van der Waals surface area contributed by atoms with Gasteiger partial charge >= 0.3 is 6.09 Å². The van der Waals surface area contributed by atoms with Gasteiger partial charge in [0.25, 0.3) is 0 Å². The van der Waals surface area contributed by atoms with Gasteiger partial charge in [-0.05, 0) is 25.9 Å². The summed E-state index contributed by atoms with van der Waals surface area (Å²) in [6, 6.07) is -0.822. The summed E-state index contributed by atoms with van der Waals surface area (Å²) in [4.78, 5) is 37.7. The van der Waals surface area contributed by atoms with Gasteiger partial charge in [0.2, 0.25) is 11.8 Å². The third-order valence-corrected chi connectivity index (χ3v) is 6.81. The molecule has 0 saturated carbocycles. The van der Waals surface area contributed by atoms with Crippen LogP contribution in [0.1, 0.15) is 117 Å². The van der Waals surface area contributed by atoms with E-state index in [2.05, 4.69) is 34.7 Å². The lowest BCUT2D eigenvalue weighted by Crippen LogP contribution is -2.58. The Kier molecular flexibility index (Phi) is 20.0. The van der Waals surface area contributed by atoms with Gasteiger partial charge in [-0.1, -0.05) is 104 Å². The Morgan fingerprint density at radius 3 is 1.83 bits per heavy atom. The summed E-state index contributed by atoms with van der Waals surface area (Å²) in [5, 5.41) is 7.80. The van der Waals surface area contributed by atoms with Gasteiger partial charge in [0.15, 0.2) is 0 Å². The van der Waals surface area contributed by atoms with Crippen LogP contribution in [-0.2, 0) is 14.3 Å². The number of unbranched alkanes of at least 4 members (excludes halogenated alkanes) is 14. The highest BCUT2D eigenvalue weighted by molar-refractivity contribution is 5.94. The average molecular weight is 511 g/mol. The van der Waals surface area contributed by atoms with Gasteiger partial charge in [0, 0.05) is 13.1 Å². The first kappa shape index (κ1) is 32.2. The lowest BCUT2D eigenvalue weighted by atomic mass is 10.1. The van der Waals surface area contributed by atoms with Crippen molar-refractivity contribution < 1.29 is 19.1 Å². The molecule has 8 heteroatoms. The Balaban J connectivity index is 2.25. The van der Waals surface area contributed by atoms with Gasteiger partial charge in [-0.3, -0.25) is 9.59 Å². The maximum Gasteiger partial charge on any atom is 0.407 e. The molecule has 0 unspecified atom stereocenters. The van der Waals surface area contributed by atoms with E-state index in [1.165, 1.54) is 103 Å². The molecule has 1 aliphatic rings. The van der Waals surface area contributed by atoms with Gasteiger partial charge in [0.1, 0.15) is 12.6 Å². The molecule has 36 heavy (non-hydrogen) atoms. The summed E-state index contributed by atoms with van der Waals surface area (Å²) in [5.74, 6) is -0.606. The largest absolute Gasteiger partial charge is 0.447 e. The van der Waals surface area contributed by atoms with Gasteiger partial charge < -0.3 is 25.6 Å². The fourth-order valence-electron chi connectivity index (χ4n) is 4.52. The molecular formula is C28H54N4O4. The molecule has 1 aliphatic heterocycles. The quantitative estimate of drug-likeness (QED) is 0.170. The Hall–Kier alpha value is -1.83. The monoisotopic (exact) mass is 510 g/mol. The molecule has 210 valence electrons. The SMILES string of the molecule is CCCCCCCCCCN(CCCCCCCCCC)CCNC(=O)OC[C@@H]1NC(=O)CNC1=O. The highest BCUT2D eigenvalue weighted by Gasteiger charge is 2.27. The van der Waals surface area contributed by atoms with Crippen molar-refractivity contribution in [1.82, 2.24) is 20.9 Å². The Morgan fingerprint density at radius 2 is 1.31 bits per heavy atom. The van der Waals surface area contributed by atoms with E-state index in [9.17, 15) is 14.4 Å². The number of hydrogen-bond acceptors (Lipinski definition) is 5. The van der Waals surface area contributed by atoms with E-state index in [0.717, 1.165) is 19.6 Å². The summed E-state index contributed by atoms with van der Waals surface area (Å²) in [6.45, 7) is 7.75. The predicted octanol–water partition coefficient (Wildman–Crippen LogP) is 4.91. The minimum Gasteiger partial charge on any atom is -0.447 e. The van der Waals surface area contributed by atoms with Crippen LogP contribution in [0.3, 0.4) is 0 Å². The number of nitrogens with zero attached hydrogens (tertiary/aromatic N) is 1. The average Bonchev–Trinajstić information content (AvgIpc) is 2.87. The van der Waals surface area contributed by atoms with Crippen LogP contribution in [0.4, 0.5) is 4.79 Å². The number of ether oxygens (including phenoxy) is 1. The lowest BCUT2D eigenvalue weighted by molar-refractivity contribution is -0.134. The van der Waals surface area contributed by atoms with Crippen LogP contribution >= 0.6 is 0 Å². The zero-order valence-electron chi connectivity index (χ0n) is 23.2. The molecule has 0 bridgehead atoms. The number of alkyl carbamates (subject to hydrolysis) is 1. The molecular weight excluding hydrogens is 456 g/mol. The molecule has 0 spiro atoms. The topological polar surface area (TPSA) is 99.8 Å². The number of piperazine rings is 1. The molecule has 1 rings (SSSR count). The standard InChI is InChI=1S/C28H54N4O4/c1-3-5-7-9-11-13-15-17-20-32(21-18-16-14-12-10-8-6-4-2)22-19-29-28(35)36-24-25-27(34)30-23-26(33)31-25/h25H,3-24H2,1-2H3,(H,29,35)(H,30,34)(H,31,33)/t25-/m0/s1. The molecule has 1 atom stereocenters.